The minimum atomic E-state index is -0.826. The Morgan fingerprint density at radius 3 is 2.06 bits per heavy atom. The first-order chi connectivity index (χ1) is 16.5. The van der Waals surface area contributed by atoms with Gasteiger partial charge in [0.15, 0.2) is 11.6 Å². The molecule has 4 rings (SSSR count). The van der Waals surface area contributed by atoms with E-state index in [1.54, 1.807) is 42.5 Å². The van der Waals surface area contributed by atoms with Gasteiger partial charge in [-0.2, -0.15) is 0 Å². The maximum Gasteiger partial charge on any atom is 0.166 e. The summed E-state index contributed by atoms with van der Waals surface area (Å²) in [6, 6.07) is 22.8. The summed E-state index contributed by atoms with van der Waals surface area (Å²) in [4.78, 5) is 0. The fraction of sp³-hybridized carbons (Fsp3) is 0.133. The Kier molecular flexibility index (Phi) is 7.17. The molecule has 0 fully saturated rings. The molecule has 0 aliphatic carbocycles. The molecule has 0 aromatic heterocycles. The highest BCUT2D eigenvalue weighted by molar-refractivity contribution is 5.66. The van der Waals surface area contributed by atoms with Gasteiger partial charge in [-0.25, -0.2) is 13.2 Å². The van der Waals surface area contributed by atoms with E-state index in [9.17, 15) is 13.2 Å². The van der Waals surface area contributed by atoms with Crippen molar-refractivity contribution < 1.29 is 17.9 Å². The average Bonchev–Trinajstić information content (AvgIpc) is 2.85. The van der Waals surface area contributed by atoms with E-state index >= 15 is 0 Å². The van der Waals surface area contributed by atoms with E-state index in [-0.39, 0.29) is 11.4 Å². The van der Waals surface area contributed by atoms with E-state index in [4.69, 9.17) is 4.74 Å². The fourth-order valence-electron chi connectivity index (χ4n) is 3.84. The molecule has 0 heterocycles. The van der Waals surface area contributed by atoms with E-state index in [0.29, 0.717) is 41.9 Å². The SMILES string of the molecule is C=CCOc1ccc(-c2ccc(CCc3ccc(-c4ccc(C)cc4)c(F)c3F)cc2)c(F)c1. The van der Waals surface area contributed by atoms with Crippen molar-refractivity contribution in [3.63, 3.8) is 0 Å². The minimum absolute atomic E-state index is 0.258. The lowest BCUT2D eigenvalue weighted by Crippen LogP contribution is -2.00. The van der Waals surface area contributed by atoms with Crippen LogP contribution >= 0.6 is 0 Å². The fourth-order valence-corrected chi connectivity index (χ4v) is 3.84. The van der Waals surface area contributed by atoms with Crippen molar-refractivity contribution >= 4 is 0 Å². The first kappa shape index (κ1) is 23.4. The smallest absolute Gasteiger partial charge is 0.166 e. The van der Waals surface area contributed by atoms with Crippen molar-refractivity contribution in [1.29, 1.82) is 0 Å². The molecule has 34 heavy (non-hydrogen) atoms. The number of rotatable bonds is 8. The van der Waals surface area contributed by atoms with Crippen LogP contribution in [-0.2, 0) is 12.8 Å². The molecule has 0 spiro atoms. The van der Waals surface area contributed by atoms with E-state index in [0.717, 1.165) is 16.7 Å². The molecule has 0 aliphatic heterocycles. The average molecular weight is 459 g/mol. The summed E-state index contributed by atoms with van der Waals surface area (Å²) >= 11 is 0. The molecule has 0 bridgehead atoms. The van der Waals surface area contributed by atoms with Crippen molar-refractivity contribution in [2.75, 3.05) is 6.61 Å². The molecule has 1 nitrogen and oxygen atoms in total. The molecule has 0 aliphatic rings. The summed E-state index contributed by atoms with van der Waals surface area (Å²) in [5, 5.41) is 0. The Hall–Kier alpha value is -3.79. The van der Waals surface area contributed by atoms with Crippen LogP contribution in [0.2, 0.25) is 0 Å². The number of benzene rings is 4. The Morgan fingerprint density at radius 1 is 0.735 bits per heavy atom. The van der Waals surface area contributed by atoms with Crippen molar-refractivity contribution in [3.8, 4) is 28.0 Å². The van der Waals surface area contributed by atoms with Crippen molar-refractivity contribution in [3.05, 3.63) is 126 Å². The van der Waals surface area contributed by atoms with E-state index < -0.39 is 11.6 Å². The van der Waals surface area contributed by atoms with Crippen LogP contribution in [0.3, 0.4) is 0 Å². The second kappa shape index (κ2) is 10.4. The third kappa shape index (κ3) is 5.23. The van der Waals surface area contributed by atoms with Gasteiger partial charge in [0.1, 0.15) is 18.2 Å². The zero-order chi connectivity index (χ0) is 24.1. The summed E-state index contributed by atoms with van der Waals surface area (Å²) in [5.41, 5.74) is 4.46. The molecule has 4 aromatic carbocycles. The molecule has 172 valence electrons. The number of aryl methyl sites for hydroxylation is 3. The monoisotopic (exact) mass is 458 g/mol. The number of halogens is 3. The Bertz CT molecular complexity index is 1290. The molecular weight excluding hydrogens is 433 g/mol. The van der Waals surface area contributed by atoms with E-state index in [1.165, 1.54) is 6.07 Å². The standard InChI is InChI=1S/C30H25F3O/c1-3-18-34-25-15-17-26(28(31)19-25)22-11-6-21(7-12-22)8-13-24-14-16-27(30(33)29(24)32)23-9-4-20(2)5-10-23/h3-7,9-12,14-17,19H,1,8,13,18H2,2H3. The molecular formula is C30H25F3O. The predicted molar refractivity (Wildman–Crippen MR) is 131 cm³/mol. The van der Waals surface area contributed by atoms with Crippen molar-refractivity contribution in [2.45, 2.75) is 19.8 Å². The quantitative estimate of drug-likeness (QED) is 0.242. The lowest BCUT2D eigenvalue weighted by Gasteiger charge is -2.10. The van der Waals surface area contributed by atoms with Crippen LogP contribution in [0.4, 0.5) is 13.2 Å². The van der Waals surface area contributed by atoms with Gasteiger partial charge in [0.2, 0.25) is 0 Å². The van der Waals surface area contributed by atoms with Gasteiger partial charge in [-0.15, -0.1) is 0 Å². The highest BCUT2D eigenvalue weighted by Gasteiger charge is 2.15. The number of hydrogen-bond acceptors (Lipinski definition) is 1. The topological polar surface area (TPSA) is 9.23 Å². The molecule has 0 saturated carbocycles. The van der Waals surface area contributed by atoms with Crippen LogP contribution in [0, 0.1) is 24.4 Å². The Morgan fingerprint density at radius 2 is 1.38 bits per heavy atom. The summed E-state index contributed by atoms with van der Waals surface area (Å²) in [5.74, 6) is -1.57. The first-order valence-corrected chi connectivity index (χ1v) is 11.1. The minimum Gasteiger partial charge on any atom is -0.489 e. The van der Waals surface area contributed by atoms with Gasteiger partial charge >= 0.3 is 0 Å². The third-order valence-corrected chi connectivity index (χ3v) is 5.78. The summed E-state index contributed by atoms with van der Waals surface area (Å²) in [7, 11) is 0. The van der Waals surface area contributed by atoms with Gasteiger partial charge < -0.3 is 4.74 Å². The first-order valence-electron chi connectivity index (χ1n) is 11.1. The van der Waals surface area contributed by atoms with Crippen LogP contribution in [0.5, 0.6) is 5.75 Å². The van der Waals surface area contributed by atoms with Crippen LogP contribution < -0.4 is 4.74 Å². The van der Waals surface area contributed by atoms with E-state index in [2.05, 4.69) is 6.58 Å². The van der Waals surface area contributed by atoms with Gasteiger partial charge in [0.05, 0.1) is 0 Å². The second-order valence-corrected chi connectivity index (χ2v) is 8.20. The molecule has 0 radical (unpaired) electrons. The number of hydrogen-bond donors (Lipinski definition) is 0. The highest BCUT2D eigenvalue weighted by Crippen LogP contribution is 2.29. The van der Waals surface area contributed by atoms with Gasteiger partial charge in [0.25, 0.3) is 0 Å². The van der Waals surface area contributed by atoms with Gasteiger partial charge in [-0.3, -0.25) is 0 Å². The largest absolute Gasteiger partial charge is 0.489 e. The van der Waals surface area contributed by atoms with Gasteiger partial charge in [0, 0.05) is 17.2 Å². The summed E-state index contributed by atoms with van der Waals surface area (Å²) in [6.45, 7) is 5.84. The van der Waals surface area contributed by atoms with Gasteiger partial charge in [-0.05, 0) is 54.2 Å². The second-order valence-electron chi connectivity index (χ2n) is 8.20. The van der Waals surface area contributed by atoms with Crippen LogP contribution in [-0.4, -0.2) is 6.61 Å². The number of ether oxygens (including phenoxy) is 1. The zero-order valence-electron chi connectivity index (χ0n) is 19.0. The van der Waals surface area contributed by atoms with Crippen LogP contribution in [0.1, 0.15) is 16.7 Å². The zero-order valence-corrected chi connectivity index (χ0v) is 19.0. The maximum absolute atomic E-state index is 14.7. The molecule has 0 unspecified atom stereocenters. The normalized spacial score (nSPS) is 10.8. The lowest BCUT2D eigenvalue weighted by molar-refractivity contribution is 0.361. The maximum atomic E-state index is 14.7. The molecule has 4 aromatic rings. The molecule has 0 amide bonds. The summed E-state index contributed by atoms with van der Waals surface area (Å²) in [6.07, 6.45) is 2.50. The van der Waals surface area contributed by atoms with Crippen molar-refractivity contribution in [1.82, 2.24) is 0 Å². The summed E-state index contributed by atoms with van der Waals surface area (Å²) < 4.78 is 49.3. The third-order valence-electron chi connectivity index (χ3n) is 5.78. The lowest BCUT2D eigenvalue weighted by atomic mass is 9.97. The van der Waals surface area contributed by atoms with E-state index in [1.807, 2.05) is 43.3 Å². The Labute approximate surface area is 198 Å². The molecule has 4 heteroatoms. The highest BCUT2D eigenvalue weighted by atomic mass is 19.2. The molecule has 0 atom stereocenters. The predicted octanol–water partition coefficient (Wildman–Crippen LogP) is 8.10. The van der Waals surface area contributed by atoms with Crippen LogP contribution in [0.15, 0.2) is 91.5 Å². The van der Waals surface area contributed by atoms with Crippen molar-refractivity contribution in [2.24, 2.45) is 0 Å². The Balaban J connectivity index is 1.45. The molecule has 0 saturated heterocycles. The van der Waals surface area contributed by atoms with Gasteiger partial charge in [-0.1, -0.05) is 78.9 Å². The molecule has 0 N–H and O–H groups in total. The van der Waals surface area contributed by atoms with Crippen LogP contribution in [0.25, 0.3) is 22.3 Å².